The molecule has 1 aliphatic heterocycles. The molecule has 2 rings (SSSR count). The van der Waals surface area contributed by atoms with E-state index in [-0.39, 0.29) is 5.92 Å². The summed E-state index contributed by atoms with van der Waals surface area (Å²) in [5.41, 5.74) is 1.27. The van der Waals surface area contributed by atoms with Crippen molar-refractivity contribution >= 4 is 0 Å². The van der Waals surface area contributed by atoms with Crippen molar-refractivity contribution in [3.8, 4) is 6.07 Å². The van der Waals surface area contributed by atoms with Crippen LogP contribution in [0.3, 0.4) is 0 Å². The normalized spacial score (nSPS) is 34.6. The maximum Gasteiger partial charge on any atom is 0.0663 e. The lowest BCUT2D eigenvalue weighted by Gasteiger charge is -2.18. The Labute approximate surface area is 111 Å². The van der Waals surface area contributed by atoms with Crippen molar-refractivity contribution in [2.45, 2.75) is 58.0 Å². The first kappa shape index (κ1) is 13.6. The number of ether oxygens (including phenoxy) is 1. The molecule has 0 unspecified atom stereocenters. The molecule has 1 heterocycles. The second kappa shape index (κ2) is 6.38. The molecule has 100 valence electrons. The first-order valence-electron chi connectivity index (χ1n) is 7.46. The minimum absolute atomic E-state index is 0.160. The summed E-state index contributed by atoms with van der Waals surface area (Å²) >= 11 is 0. The Kier molecular flexibility index (Phi) is 4.83. The minimum atomic E-state index is 0.160. The van der Waals surface area contributed by atoms with Crippen molar-refractivity contribution in [2.24, 2.45) is 17.8 Å². The van der Waals surface area contributed by atoms with Crippen molar-refractivity contribution in [1.82, 2.24) is 0 Å². The van der Waals surface area contributed by atoms with Gasteiger partial charge in [0.2, 0.25) is 0 Å². The third-order valence-electron chi connectivity index (χ3n) is 4.59. The molecule has 2 heteroatoms. The molecule has 1 aliphatic carbocycles. The Bertz CT molecular complexity index is 330. The molecular weight excluding hydrogens is 222 g/mol. The largest absolute Gasteiger partial charge is 0.377 e. The van der Waals surface area contributed by atoms with Gasteiger partial charge in [-0.15, -0.1) is 0 Å². The number of nitriles is 1. The maximum atomic E-state index is 9.14. The monoisotopic (exact) mass is 247 g/mol. The Balaban J connectivity index is 1.78. The van der Waals surface area contributed by atoms with E-state index in [1.165, 1.54) is 37.7 Å². The fraction of sp³-hybridized carbons (Fsp3) is 0.812. The van der Waals surface area contributed by atoms with Gasteiger partial charge in [0.25, 0.3) is 0 Å². The van der Waals surface area contributed by atoms with E-state index < -0.39 is 0 Å². The van der Waals surface area contributed by atoms with Gasteiger partial charge in [-0.3, -0.25) is 0 Å². The van der Waals surface area contributed by atoms with Gasteiger partial charge in [-0.05, 0) is 12.8 Å². The highest BCUT2D eigenvalue weighted by Crippen LogP contribution is 2.48. The van der Waals surface area contributed by atoms with Crippen LogP contribution >= 0.6 is 0 Å². The van der Waals surface area contributed by atoms with Crippen LogP contribution in [0, 0.1) is 29.1 Å². The van der Waals surface area contributed by atoms with Gasteiger partial charge in [0.05, 0.1) is 24.7 Å². The third-order valence-corrected chi connectivity index (χ3v) is 4.59. The molecule has 0 bridgehead atoms. The smallest absolute Gasteiger partial charge is 0.0663 e. The van der Waals surface area contributed by atoms with Crippen LogP contribution < -0.4 is 0 Å². The van der Waals surface area contributed by atoms with E-state index in [1.807, 2.05) is 0 Å². The molecule has 2 fully saturated rings. The second-order valence-corrected chi connectivity index (χ2v) is 5.86. The van der Waals surface area contributed by atoms with Crippen LogP contribution in [0.5, 0.6) is 0 Å². The molecule has 4 atom stereocenters. The lowest BCUT2D eigenvalue weighted by molar-refractivity contribution is 0.0829. The predicted molar refractivity (Wildman–Crippen MR) is 73.0 cm³/mol. The van der Waals surface area contributed by atoms with Gasteiger partial charge in [0.15, 0.2) is 0 Å². The van der Waals surface area contributed by atoms with Gasteiger partial charge in [-0.25, -0.2) is 0 Å². The molecule has 1 saturated heterocycles. The first-order chi connectivity index (χ1) is 8.77. The van der Waals surface area contributed by atoms with E-state index in [1.54, 1.807) is 0 Å². The summed E-state index contributed by atoms with van der Waals surface area (Å²) in [6.45, 7) is 7.20. The van der Waals surface area contributed by atoms with Crippen molar-refractivity contribution in [1.29, 1.82) is 5.26 Å². The lowest BCUT2D eigenvalue weighted by atomic mass is 9.87. The summed E-state index contributed by atoms with van der Waals surface area (Å²) in [7, 11) is 0. The number of unbranched alkanes of at least 4 members (excludes halogenated alkanes) is 4. The molecule has 0 aromatic heterocycles. The lowest BCUT2D eigenvalue weighted by Crippen LogP contribution is -2.18. The van der Waals surface area contributed by atoms with E-state index in [4.69, 9.17) is 10.00 Å². The summed E-state index contributed by atoms with van der Waals surface area (Å²) < 4.78 is 5.92. The summed E-state index contributed by atoms with van der Waals surface area (Å²) in [4.78, 5) is 0. The van der Waals surface area contributed by atoms with Gasteiger partial charge in [-0.2, -0.15) is 5.26 Å². The van der Waals surface area contributed by atoms with E-state index in [0.717, 1.165) is 19.4 Å². The van der Waals surface area contributed by atoms with Crippen LogP contribution in [0.25, 0.3) is 0 Å². The van der Waals surface area contributed by atoms with E-state index in [0.29, 0.717) is 17.9 Å². The van der Waals surface area contributed by atoms with E-state index >= 15 is 0 Å². The molecule has 0 N–H and O–H groups in total. The van der Waals surface area contributed by atoms with Gasteiger partial charge in [-0.1, -0.05) is 51.2 Å². The number of hydrogen-bond donors (Lipinski definition) is 0. The second-order valence-electron chi connectivity index (χ2n) is 5.86. The Morgan fingerprint density at radius 1 is 1.33 bits per heavy atom. The topological polar surface area (TPSA) is 33.0 Å². The number of fused-ring (bicyclic) bond motifs is 1. The maximum absolute atomic E-state index is 9.14. The fourth-order valence-corrected chi connectivity index (χ4v) is 3.57. The van der Waals surface area contributed by atoms with Crippen molar-refractivity contribution < 1.29 is 4.74 Å². The fourth-order valence-electron chi connectivity index (χ4n) is 3.57. The molecule has 0 aromatic carbocycles. The average molecular weight is 247 g/mol. The molecule has 2 aliphatic rings. The van der Waals surface area contributed by atoms with E-state index in [9.17, 15) is 0 Å². The molecule has 0 spiro atoms. The van der Waals surface area contributed by atoms with Crippen molar-refractivity contribution in [3.63, 3.8) is 0 Å². The first-order valence-corrected chi connectivity index (χ1v) is 7.46. The Morgan fingerprint density at radius 2 is 2.11 bits per heavy atom. The summed E-state index contributed by atoms with van der Waals surface area (Å²) in [5.74, 6) is 1.07. The van der Waals surface area contributed by atoms with Crippen LogP contribution in [0.4, 0.5) is 0 Å². The van der Waals surface area contributed by atoms with Crippen LogP contribution in [0.15, 0.2) is 12.2 Å². The highest BCUT2D eigenvalue weighted by atomic mass is 16.5. The van der Waals surface area contributed by atoms with Crippen molar-refractivity contribution in [2.75, 3.05) is 6.61 Å². The highest BCUT2D eigenvalue weighted by Gasteiger charge is 2.47. The van der Waals surface area contributed by atoms with Crippen LogP contribution in [-0.4, -0.2) is 12.7 Å². The predicted octanol–water partition coefficient (Wildman–Crippen LogP) is 4.08. The van der Waals surface area contributed by atoms with Crippen molar-refractivity contribution in [3.05, 3.63) is 12.2 Å². The van der Waals surface area contributed by atoms with E-state index in [2.05, 4.69) is 19.6 Å². The zero-order valence-corrected chi connectivity index (χ0v) is 11.5. The number of rotatable bonds is 6. The molecule has 1 saturated carbocycles. The third kappa shape index (κ3) is 2.78. The Morgan fingerprint density at radius 3 is 2.83 bits per heavy atom. The quantitative estimate of drug-likeness (QED) is 0.523. The summed E-state index contributed by atoms with van der Waals surface area (Å²) in [6.07, 6.45) is 8.98. The molecule has 0 amide bonds. The zero-order valence-electron chi connectivity index (χ0n) is 11.5. The Hall–Kier alpha value is -0.810. The average Bonchev–Trinajstić information content (AvgIpc) is 2.91. The standard InChI is InChI=1S/C16H25NO/c1-3-4-5-6-7-8-15-16-12(2)9-13(10-17)14(16)11-18-15/h13-16H,2-9,11H2,1H3/t13-,14+,15-,16-/m0/s1. The van der Waals surface area contributed by atoms with Gasteiger partial charge in [0, 0.05) is 11.8 Å². The molecule has 18 heavy (non-hydrogen) atoms. The van der Waals surface area contributed by atoms with Crippen LogP contribution in [-0.2, 0) is 4.74 Å². The molecule has 0 aromatic rings. The van der Waals surface area contributed by atoms with Gasteiger partial charge >= 0.3 is 0 Å². The van der Waals surface area contributed by atoms with Crippen LogP contribution in [0.1, 0.15) is 51.9 Å². The molecular formula is C16H25NO. The molecule has 0 radical (unpaired) electrons. The summed E-state index contributed by atoms with van der Waals surface area (Å²) in [6, 6.07) is 2.43. The highest BCUT2D eigenvalue weighted by molar-refractivity contribution is 5.20. The summed E-state index contributed by atoms with van der Waals surface area (Å²) in [5, 5.41) is 9.14. The van der Waals surface area contributed by atoms with Gasteiger partial charge in [0.1, 0.15) is 0 Å². The SMILES string of the molecule is C=C1C[C@@H](C#N)[C@H]2CO[C@@H](CCCCCCC)[C@@H]12. The zero-order chi connectivity index (χ0) is 13.0. The number of hydrogen-bond acceptors (Lipinski definition) is 2. The number of nitrogens with zero attached hydrogens (tertiary/aromatic N) is 1. The van der Waals surface area contributed by atoms with Gasteiger partial charge < -0.3 is 4.74 Å². The minimum Gasteiger partial charge on any atom is -0.377 e. The van der Waals surface area contributed by atoms with Crippen LogP contribution in [0.2, 0.25) is 0 Å². The molecule has 2 nitrogen and oxygen atoms in total.